The summed E-state index contributed by atoms with van der Waals surface area (Å²) in [6.45, 7) is 7.06. The van der Waals surface area contributed by atoms with Crippen molar-refractivity contribution in [1.29, 1.82) is 0 Å². The lowest BCUT2D eigenvalue weighted by Gasteiger charge is -2.23. The van der Waals surface area contributed by atoms with E-state index in [1.807, 2.05) is 13.8 Å². The topological polar surface area (TPSA) is 87.3 Å². The van der Waals surface area contributed by atoms with Gasteiger partial charge in [-0.15, -0.1) is 0 Å². The number of aromatic nitrogens is 2. The van der Waals surface area contributed by atoms with Crippen molar-refractivity contribution in [3.8, 4) is 0 Å². The van der Waals surface area contributed by atoms with Crippen LogP contribution in [0, 0.1) is 10.1 Å². The smallest absolute Gasteiger partial charge is 0.390 e. The Balaban J connectivity index is 2.77. The molecule has 1 rings (SSSR count). The van der Waals surface area contributed by atoms with Crippen LogP contribution in [-0.4, -0.2) is 34.4 Å². The molecule has 7 nitrogen and oxygen atoms in total. The zero-order valence-electron chi connectivity index (χ0n) is 11.0. The van der Waals surface area contributed by atoms with Gasteiger partial charge in [-0.05, 0) is 18.8 Å². The minimum absolute atomic E-state index is 0.198. The van der Waals surface area contributed by atoms with Crippen molar-refractivity contribution in [2.75, 3.05) is 19.9 Å². The molecular weight excluding hydrogens is 257 g/mol. The molecule has 0 spiro atoms. The van der Waals surface area contributed by atoms with E-state index in [9.17, 15) is 14.7 Å². The quantitative estimate of drug-likeness (QED) is 0.452. The molecule has 0 atom stereocenters. The van der Waals surface area contributed by atoms with Crippen LogP contribution < -0.4 is 0 Å². The molecular formula is C10H18N3O4P. The molecule has 0 aliphatic rings. The van der Waals surface area contributed by atoms with E-state index in [1.54, 1.807) is 19.5 Å². The van der Waals surface area contributed by atoms with Crippen molar-refractivity contribution in [3.05, 3.63) is 22.5 Å². The van der Waals surface area contributed by atoms with Crippen LogP contribution in [0.5, 0.6) is 0 Å². The number of nitro groups is 1. The van der Waals surface area contributed by atoms with E-state index in [-0.39, 0.29) is 12.6 Å². The Bertz CT molecular complexity index is 477. The maximum absolute atomic E-state index is 11.4. The van der Waals surface area contributed by atoms with E-state index >= 15 is 0 Å². The molecule has 1 aromatic rings. The number of hydrogen-bond acceptors (Lipinski definition) is 5. The third-order valence-corrected chi connectivity index (χ3v) is 3.36. The summed E-state index contributed by atoms with van der Waals surface area (Å²) in [5, 5.41) is 10.8. The van der Waals surface area contributed by atoms with Crippen LogP contribution in [0.2, 0.25) is 0 Å². The highest BCUT2D eigenvalue weighted by molar-refractivity contribution is 7.57. The molecule has 0 bridgehead atoms. The molecule has 0 radical (unpaired) electrons. The van der Waals surface area contributed by atoms with Crippen molar-refractivity contribution >= 4 is 13.3 Å². The maximum atomic E-state index is 11.4. The van der Waals surface area contributed by atoms with E-state index in [4.69, 9.17) is 4.52 Å². The van der Waals surface area contributed by atoms with Crippen LogP contribution in [0.3, 0.4) is 0 Å². The Morgan fingerprint density at radius 1 is 1.56 bits per heavy atom. The summed E-state index contributed by atoms with van der Waals surface area (Å²) in [5.74, 6) is -0.198. The van der Waals surface area contributed by atoms with Crippen LogP contribution in [-0.2, 0) is 14.6 Å². The van der Waals surface area contributed by atoms with Gasteiger partial charge in [-0.3, -0.25) is 4.57 Å². The molecule has 0 aromatic carbocycles. The summed E-state index contributed by atoms with van der Waals surface area (Å²) in [5.41, 5.74) is -0.520. The van der Waals surface area contributed by atoms with Crippen LogP contribution in [0.25, 0.3) is 0 Å². The Kier molecular flexibility index (Phi) is 4.29. The van der Waals surface area contributed by atoms with E-state index < -0.39 is 17.8 Å². The molecule has 0 amide bonds. The number of imidazole rings is 1. The Morgan fingerprint density at radius 3 is 2.67 bits per heavy atom. The van der Waals surface area contributed by atoms with Crippen LogP contribution >= 0.6 is 7.37 Å². The number of nitrogens with zero attached hydrogens (tertiary/aromatic N) is 3. The summed E-state index contributed by atoms with van der Waals surface area (Å²) in [4.78, 5) is 14.0. The molecule has 0 saturated carbocycles. The largest absolute Gasteiger partial charge is 0.434 e. The Hall–Kier alpha value is -1.20. The molecule has 0 saturated heterocycles. The number of rotatable bonds is 6. The second-order valence-electron chi connectivity index (χ2n) is 5.00. The summed E-state index contributed by atoms with van der Waals surface area (Å²) in [6.07, 6.45) is 3.47. The third-order valence-electron chi connectivity index (χ3n) is 2.55. The summed E-state index contributed by atoms with van der Waals surface area (Å²) in [7, 11) is -2.52. The van der Waals surface area contributed by atoms with Crippen molar-refractivity contribution < 1.29 is 14.0 Å². The van der Waals surface area contributed by atoms with E-state index in [0.717, 1.165) is 0 Å². The molecule has 0 fully saturated rings. The lowest BCUT2D eigenvalue weighted by molar-refractivity contribution is -0.398. The first kappa shape index (κ1) is 14.9. The fraction of sp³-hybridized carbons (Fsp3) is 0.700. The summed E-state index contributed by atoms with van der Waals surface area (Å²) in [6, 6.07) is 0. The van der Waals surface area contributed by atoms with Gasteiger partial charge in [-0.1, -0.05) is 4.98 Å². The van der Waals surface area contributed by atoms with Gasteiger partial charge in [0.15, 0.2) is 7.37 Å². The monoisotopic (exact) mass is 275 g/mol. The maximum Gasteiger partial charge on any atom is 0.434 e. The fourth-order valence-electron chi connectivity index (χ4n) is 1.54. The Labute approximate surface area is 106 Å². The lowest BCUT2D eigenvalue weighted by Crippen LogP contribution is -2.28. The van der Waals surface area contributed by atoms with Gasteiger partial charge in [0, 0.05) is 19.8 Å². The molecule has 8 heteroatoms. The lowest BCUT2D eigenvalue weighted by atomic mass is 10.0. The standard InChI is InChI=1S/C10H18N3O4P/c1-10(2,5-8-17-18(3,4)16)12-7-6-11-9(12)13(14)15/h6-7H,5,8H2,1-4H3. The van der Waals surface area contributed by atoms with Crippen LogP contribution in [0.1, 0.15) is 20.3 Å². The van der Waals surface area contributed by atoms with Crippen LogP contribution in [0.15, 0.2) is 12.4 Å². The van der Waals surface area contributed by atoms with Gasteiger partial charge in [0.25, 0.3) is 0 Å². The van der Waals surface area contributed by atoms with Gasteiger partial charge in [0.1, 0.15) is 12.4 Å². The molecule has 0 unspecified atom stereocenters. The minimum atomic E-state index is -2.52. The van der Waals surface area contributed by atoms with Gasteiger partial charge in [-0.2, -0.15) is 0 Å². The molecule has 0 N–H and O–H groups in total. The van der Waals surface area contributed by atoms with E-state index in [1.165, 1.54) is 10.8 Å². The average Bonchev–Trinajstić information content (AvgIpc) is 2.63. The highest BCUT2D eigenvalue weighted by Crippen LogP contribution is 2.38. The zero-order chi connectivity index (χ0) is 14.0. The van der Waals surface area contributed by atoms with Gasteiger partial charge in [0.2, 0.25) is 0 Å². The second kappa shape index (κ2) is 5.20. The summed E-state index contributed by atoms with van der Waals surface area (Å²) >= 11 is 0. The van der Waals surface area contributed by atoms with Crippen molar-refractivity contribution in [2.45, 2.75) is 25.8 Å². The van der Waals surface area contributed by atoms with Gasteiger partial charge in [-0.25, -0.2) is 4.57 Å². The predicted octanol–water partition coefficient (Wildman–Crippen LogP) is 2.47. The predicted molar refractivity (Wildman–Crippen MR) is 68.2 cm³/mol. The SMILES string of the molecule is CC(C)(CCOP(C)(C)=O)n1ccnc1[N+](=O)[O-]. The van der Waals surface area contributed by atoms with E-state index in [2.05, 4.69) is 4.98 Å². The van der Waals surface area contributed by atoms with Gasteiger partial charge < -0.3 is 14.6 Å². The molecule has 18 heavy (non-hydrogen) atoms. The molecule has 0 aliphatic carbocycles. The highest BCUT2D eigenvalue weighted by Gasteiger charge is 2.30. The Morgan fingerprint density at radius 2 is 2.17 bits per heavy atom. The number of hydrogen-bond donors (Lipinski definition) is 0. The zero-order valence-corrected chi connectivity index (χ0v) is 11.9. The van der Waals surface area contributed by atoms with E-state index in [0.29, 0.717) is 6.42 Å². The fourth-order valence-corrected chi connectivity index (χ4v) is 2.07. The normalized spacial score (nSPS) is 12.7. The highest BCUT2D eigenvalue weighted by atomic mass is 31.2. The minimum Gasteiger partial charge on any atom is -0.390 e. The van der Waals surface area contributed by atoms with Crippen molar-refractivity contribution in [1.82, 2.24) is 9.55 Å². The van der Waals surface area contributed by atoms with Crippen LogP contribution in [0.4, 0.5) is 5.95 Å². The average molecular weight is 275 g/mol. The van der Waals surface area contributed by atoms with Gasteiger partial charge in [0.05, 0.1) is 12.1 Å². The van der Waals surface area contributed by atoms with Crippen molar-refractivity contribution in [2.24, 2.45) is 0 Å². The first-order valence-electron chi connectivity index (χ1n) is 5.51. The molecule has 1 aromatic heterocycles. The molecule has 1 heterocycles. The third kappa shape index (κ3) is 3.92. The first-order valence-corrected chi connectivity index (χ1v) is 8.03. The molecule has 102 valence electrons. The molecule has 0 aliphatic heterocycles. The summed E-state index contributed by atoms with van der Waals surface area (Å²) < 4.78 is 18.1. The second-order valence-corrected chi connectivity index (χ2v) is 7.76. The van der Waals surface area contributed by atoms with Crippen molar-refractivity contribution in [3.63, 3.8) is 0 Å². The first-order chi connectivity index (χ1) is 8.13. The van der Waals surface area contributed by atoms with Gasteiger partial charge >= 0.3 is 5.95 Å².